The van der Waals surface area contributed by atoms with Crippen LogP contribution in [0.25, 0.3) is 0 Å². The van der Waals surface area contributed by atoms with E-state index in [4.69, 9.17) is 34.8 Å². The fourth-order valence-electron chi connectivity index (χ4n) is 1.55. The minimum absolute atomic E-state index is 0.133. The van der Waals surface area contributed by atoms with E-state index in [0.717, 1.165) is 29.3 Å². The van der Waals surface area contributed by atoms with E-state index >= 15 is 0 Å². The third-order valence-corrected chi connectivity index (χ3v) is 4.47. The van der Waals surface area contributed by atoms with E-state index in [2.05, 4.69) is 12.0 Å². The quantitative estimate of drug-likeness (QED) is 0.754. The summed E-state index contributed by atoms with van der Waals surface area (Å²) in [6.45, 7) is 4.10. The van der Waals surface area contributed by atoms with Gasteiger partial charge in [0.15, 0.2) is 0 Å². The zero-order valence-electron chi connectivity index (χ0n) is 9.86. The van der Waals surface area contributed by atoms with Gasteiger partial charge >= 0.3 is 0 Å². The van der Waals surface area contributed by atoms with Crippen molar-refractivity contribution >= 4 is 34.8 Å². The minimum atomic E-state index is -0.133. The van der Waals surface area contributed by atoms with Gasteiger partial charge in [-0.2, -0.15) is 5.10 Å². The Balaban J connectivity index is 3.01. The third-order valence-electron chi connectivity index (χ3n) is 2.74. The van der Waals surface area contributed by atoms with Crippen molar-refractivity contribution < 1.29 is 0 Å². The highest BCUT2D eigenvalue weighted by atomic mass is 35.5. The highest BCUT2D eigenvalue weighted by Gasteiger charge is 2.26. The van der Waals surface area contributed by atoms with Crippen LogP contribution >= 0.6 is 34.8 Å². The molecule has 0 spiro atoms. The van der Waals surface area contributed by atoms with Crippen molar-refractivity contribution in [3.63, 3.8) is 0 Å². The van der Waals surface area contributed by atoms with Crippen LogP contribution < -0.4 is 0 Å². The Bertz CT molecular complexity index is 356. The maximum absolute atomic E-state index is 6.28. The maximum Gasteiger partial charge on any atom is 0.0849 e. The van der Waals surface area contributed by atoms with Crippen molar-refractivity contribution in [2.75, 3.05) is 11.8 Å². The second kappa shape index (κ2) is 5.61. The van der Waals surface area contributed by atoms with Crippen LogP contribution in [-0.2, 0) is 19.9 Å². The van der Waals surface area contributed by atoms with Gasteiger partial charge in [0.2, 0.25) is 0 Å². The highest BCUT2D eigenvalue weighted by molar-refractivity contribution is 6.32. The first-order valence-electron chi connectivity index (χ1n) is 5.29. The SMILES string of the molecule is CCc1nn(C)c(CC(C)(CCl)CCl)c1Cl. The Labute approximate surface area is 112 Å². The third kappa shape index (κ3) is 2.85. The van der Waals surface area contributed by atoms with Crippen LogP contribution in [0.15, 0.2) is 0 Å². The van der Waals surface area contributed by atoms with Crippen LogP contribution in [0.2, 0.25) is 5.02 Å². The lowest BCUT2D eigenvalue weighted by atomic mass is 9.89. The first-order chi connectivity index (χ1) is 7.47. The van der Waals surface area contributed by atoms with Gasteiger partial charge in [-0.25, -0.2) is 0 Å². The van der Waals surface area contributed by atoms with Gasteiger partial charge in [-0.15, -0.1) is 23.2 Å². The number of rotatable bonds is 5. The van der Waals surface area contributed by atoms with Gasteiger partial charge in [0, 0.05) is 24.2 Å². The Morgan fingerprint density at radius 1 is 1.31 bits per heavy atom. The molecule has 0 aliphatic heterocycles. The van der Waals surface area contributed by atoms with E-state index in [0.29, 0.717) is 11.8 Å². The molecule has 2 nitrogen and oxygen atoms in total. The average Bonchev–Trinajstić information content (AvgIpc) is 2.56. The van der Waals surface area contributed by atoms with Crippen molar-refractivity contribution in [1.82, 2.24) is 9.78 Å². The molecule has 5 heteroatoms. The Morgan fingerprint density at radius 3 is 2.25 bits per heavy atom. The smallest absolute Gasteiger partial charge is 0.0849 e. The van der Waals surface area contributed by atoms with Gasteiger partial charge in [0.1, 0.15) is 0 Å². The Kier molecular flexibility index (Phi) is 4.96. The highest BCUT2D eigenvalue weighted by Crippen LogP contribution is 2.30. The molecule has 1 aromatic heterocycles. The molecule has 0 aliphatic carbocycles. The summed E-state index contributed by atoms with van der Waals surface area (Å²) in [5.74, 6) is 1.03. The van der Waals surface area contributed by atoms with Crippen molar-refractivity contribution in [2.45, 2.75) is 26.7 Å². The van der Waals surface area contributed by atoms with Crippen molar-refractivity contribution in [2.24, 2.45) is 12.5 Å². The van der Waals surface area contributed by atoms with Crippen LogP contribution in [0.4, 0.5) is 0 Å². The topological polar surface area (TPSA) is 17.8 Å². The molecule has 0 unspecified atom stereocenters. The molecule has 0 aromatic carbocycles. The molecule has 0 saturated heterocycles. The molecule has 1 rings (SSSR count). The molecular weight excluding hydrogens is 266 g/mol. The molecule has 1 aromatic rings. The van der Waals surface area contributed by atoms with E-state index < -0.39 is 0 Å². The summed E-state index contributed by atoms with van der Waals surface area (Å²) in [6, 6.07) is 0. The molecule has 0 fully saturated rings. The molecule has 0 amide bonds. The molecule has 1 heterocycles. The van der Waals surface area contributed by atoms with Crippen LogP contribution in [0.3, 0.4) is 0 Å². The van der Waals surface area contributed by atoms with E-state index in [1.165, 1.54) is 0 Å². The van der Waals surface area contributed by atoms with E-state index in [1.54, 1.807) is 0 Å². The second-order valence-electron chi connectivity index (χ2n) is 4.44. The van der Waals surface area contributed by atoms with E-state index in [1.807, 2.05) is 18.7 Å². The number of nitrogens with zero attached hydrogens (tertiary/aromatic N) is 2. The first kappa shape index (κ1) is 14.1. The maximum atomic E-state index is 6.28. The standard InChI is InChI=1S/C11H17Cl3N2/c1-4-8-10(14)9(16(3)15-8)5-11(2,6-12)7-13/h4-7H2,1-3H3. The summed E-state index contributed by atoms with van der Waals surface area (Å²) in [5, 5.41) is 5.14. The summed E-state index contributed by atoms with van der Waals surface area (Å²) in [7, 11) is 1.91. The number of hydrogen-bond donors (Lipinski definition) is 0. The lowest BCUT2D eigenvalue weighted by Crippen LogP contribution is -2.25. The fourth-order valence-corrected chi connectivity index (χ4v) is 2.38. The van der Waals surface area contributed by atoms with Crippen LogP contribution in [0.5, 0.6) is 0 Å². The average molecular weight is 284 g/mol. The predicted octanol–water partition coefficient (Wildman–Crippen LogP) is 3.66. The summed E-state index contributed by atoms with van der Waals surface area (Å²) in [6.07, 6.45) is 1.59. The zero-order chi connectivity index (χ0) is 12.3. The first-order valence-corrected chi connectivity index (χ1v) is 6.74. The number of hydrogen-bond acceptors (Lipinski definition) is 1. The molecule has 16 heavy (non-hydrogen) atoms. The number of aryl methyl sites for hydroxylation is 2. The zero-order valence-corrected chi connectivity index (χ0v) is 12.1. The number of aromatic nitrogens is 2. The monoisotopic (exact) mass is 282 g/mol. The van der Waals surface area contributed by atoms with Gasteiger partial charge in [-0.3, -0.25) is 4.68 Å². The summed E-state index contributed by atoms with van der Waals surface area (Å²) < 4.78 is 1.83. The summed E-state index contributed by atoms with van der Waals surface area (Å²) in [4.78, 5) is 0. The minimum Gasteiger partial charge on any atom is -0.271 e. The molecule has 0 aliphatic rings. The van der Waals surface area contributed by atoms with Gasteiger partial charge < -0.3 is 0 Å². The van der Waals surface area contributed by atoms with Gasteiger partial charge in [-0.1, -0.05) is 25.4 Å². The van der Waals surface area contributed by atoms with Gasteiger partial charge in [-0.05, 0) is 12.8 Å². The molecule has 0 atom stereocenters. The summed E-state index contributed by atoms with van der Waals surface area (Å²) in [5.41, 5.74) is 1.82. The fraction of sp³-hybridized carbons (Fsp3) is 0.727. The second-order valence-corrected chi connectivity index (χ2v) is 5.35. The van der Waals surface area contributed by atoms with Crippen LogP contribution in [0.1, 0.15) is 25.2 Å². The van der Waals surface area contributed by atoms with E-state index in [-0.39, 0.29) is 5.41 Å². The lowest BCUT2D eigenvalue weighted by Gasteiger charge is -2.24. The number of alkyl halides is 2. The van der Waals surface area contributed by atoms with Gasteiger partial charge in [0.25, 0.3) is 0 Å². The number of halogens is 3. The van der Waals surface area contributed by atoms with Crippen molar-refractivity contribution in [1.29, 1.82) is 0 Å². The van der Waals surface area contributed by atoms with E-state index in [9.17, 15) is 0 Å². The predicted molar refractivity (Wildman–Crippen MR) is 70.8 cm³/mol. The Morgan fingerprint density at radius 2 is 1.88 bits per heavy atom. The van der Waals surface area contributed by atoms with Crippen molar-refractivity contribution in [3.8, 4) is 0 Å². The Hall–Kier alpha value is 0.0800. The lowest BCUT2D eigenvalue weighted by molar-refractivity contribution is 0.411. The molecule has 0 saturated carbocycles. The largest absolute Gasteiger partial charge is 0.271 e. The van der Waals surface area contributed by atoms with Crippen LogP contribution in [0, 0.1) is 5.41 Å². The molecule has 0 bridgehead atoms. The molecular formula is C11H17Cl3N2. The molecule has 0 radical (unpaired) electrons. The van der Waals surface area contributed by atoms with Crippen molar-refractivity contribution in [3.05, 3.63) is 16.4 Å². The van der Waals surface area contributed by atoms with Crippen LogP contribution in [-0.4, -0.2) is 21.5 Å². The normalized spacial score (nSPS) is 12.1. The molecule has 92 valence electrons. The summed E-state index contributed by atoms with van der Waals surface area (Å²) >= 11 is 18.2. The molecule has 0 N–H and O–H groups in total. The van der Waals surface area contributed by atoms with Gasteiger partial charge in [0.05, 0.1) is 16.4 Å².